The Kier molecular flexibility index (Phi) is 3.32. The van der Waals surface area contributed by atoms with E-state index in [2.05, 4.69) is 4.98 Å². The first kappa shape index (κ1) is 9.78. The van der Waals surface area contributed by atoms with Gasteiger partial charge in [0.05, 0.1) is 16.5 Å². The average molecular weight is 224 g/mol. The first-order valence-electron chi connectivity index (χ1n) is 3.05. The first-order chi connectivity index (χ1) is 5.65. The summed E-state index contributed by atoms with van der Waals surface area (Å²) in [5.41, 5.74) is 0.302. The number of hydrogen-bond donors (Lipinski definition) is 0. The number of halogens is 3. The van der Waals surface area contributed by atoms with Crippen LogP contribution in [0.25, 0.3) is 0 Å². The van der Waals surface area contributed by atoms with Crippen LogP contribution in [-0.2, 0) is 0 Å². The van der Waals surface area contributed by atoms with Gasteiger partial charge in [0.1, 0.15) is 5.15 Å². The van der Waals surface area contributed by atoms with Crippen molar-refractivity contribution in [2.24, 2.45) is 0 Å². The fourth-order valence-electron chi connectivity index (χ4n) is 0.685. The zero-order chi connectivity index (χ0) is 9.14. The van der Waals surface area contributed by atoms with Gasteiger partial charge in [-0.2, -0.15) is 0 Å². The number of Topliss-reactive ketones (excluding diaryl/α,β-unsaturated/α-hetero) is 1. The molecule has 0 aromatic carbocycles. The highest BCUT2D eigenvalue weighted by Gasteiger charge is 2.09. The van der Waals surface area contributed by atoms with Crippen LogP contribution >= 0.6 is 34.8 Å². The van der Waals surface area contributed by atoms with E-state index in [1.54, 1.807) is 0 Å². The van der Waals surface area contributed by atoms with Crippen molar-refractivity contribution < 1.29 is 4.79 Å². The zero-order valence-electron chi connectivity index (χ0n) is 5.85. The van der Waals surface area contributed by atoms with E-state index < -0.39 is 0 Å². The molecule has 0 amide bonds. The van der Waals surface area contributed by atoms with Gasteiger partial charge in [-0.1, -0.05) is 23.2 Å². The Morgan fingerprint density at radius 1 is 1.50 bits per heavy atom. The minimum atomic E-state index is -0.258. The van der Waals surface area contributed by atoms with Crippen LogP contribution in [0.2, 0.25) is 10.2 Å². The van der Waals surface area contributed by atoms with Crippen molar-refractivity contribution in [3.63, 3.8) is 0 Å². The van der Waals surface area contributed by atoms with Crippen molar-refractivity contribution in [3.05, 3.63) is 28.0 Å². The maximum Gasteiger partial charge on any atom is 0.180 e. The van der Waals surface area contributed by atoms with Crippen LogP contribution in [0.3, 0.4) is 0 Å². The molecule has 0 aliphatic heterocycles. The first-order valence-corrected chi connectivity index (χ1v) is 4.34. The summed E-state index contributed by atoms with van der Waals surface area (Å²) in [6.45, 7) is 0. The summed E-state index contributed by atoms with van der Waals surface area (Å²) in [4.78, 5) is 14.8. The highest BCUT2D eigenvalue weighted by atomic mass is 35.5. The second-order valence-corrected chi connectivity index (χ2v) is 3.11. The van der Waals surface area contributed by atoms with E-state index in [0.717, 1.165) is 0 Å². The summed E-state index contributed by atoms with van der Waals surface area (Å²) in [5.74, 6) is -0.367. The molecule has 1 aromatic rings. The van der Waals surface area contributed by atoms with E-state index >= 15 is 0 Å². The molecular formula is C7H4Cl3NO. The largest absolute Gasteiger partial charge is 0.293 e. The summed E-state index contributed by atoms with van der Waals surface area (Å²) >= 11 is 16.6. The summed E-state index contributed by atoms with van der Waals surface area (Å²) in [6.07, 6.45) is 1.31. The van der Waals surface area contributed by atoms with Gasteiger partial charge in [0, 0.05) is 6.20 Å². The lowest BCUT2D eigenvalue weighted by Gasteiger charge is -1.99. The quantitative estimate of drug-likeness (QED) is 0.439. The van der Waals surface area contributed by atoms with Crippen LogP contribution in [0.4, 0.5) is 0 Å². The standard InChI is InChI=1S/C7H4Cl3NO/c8-2-6(12)4-3-11-7(10)1-5(4)9/h1,3H,2H2. The van der Waals surface area contributed by atoms with Crippen LogP contribution in [-0.4, -0.2) is 16.6 Å². The highest BCUT2D eigenvalue weighted by molar-refractivity contribution is 6.38. The van der Waals surface area contributed by atoms with Crippen LogP contribution < -0.4 is 0 Å². The molecule has 2 nitrogen and oxygen atoms in total. The Morgan fingerprint density at radius 3 is 2.67 bits per heavy atom. The van der Waals surface area contributed by atoms with E-state index in [1.807, 2.05) is 0 Å². The molecule has 0 unspecified atom stereocenters. The number of rotatable bonds is 2. The molecule has 0 N–H and O–H groups in total. The van der Waals surface area contributed by atoms with Gasteiger partial charge >= 0.3 is 0 Å². The lowest BCUT2D eigenvalue weighted by molar-refractivity contribution is 0.102. The van der Waals surface area contributed by atoms with Gasteiger partial charge < -0.3 is 0 Å². The molecule has 12 heavy (non-hydrogen) atoms. The molecule has 0 atom stereocenters. The lowest BCUT2D eigenvalue weighted by atomic mass is 10.2. The Hall–Kier alpha value is -0.310. The molecule has 64 valence electrons. The van der Waals surface area contributed by atoms with Gasteiger partial charge in [0.2, 0.25) is 0 Å². The van der Waals surface area contributed by atoms with Crippen LogP contribution in [0.1, 0.15) is 10.4 Å². The molecule has 0 aliphatic rings. The maximum absolute atomic E-state index is 11.0. The van der Waals surface area contributed by atoms with E-state index in [1.165, 1.54) is 12.3 Å². The van der Waals surface area contributed by atoms with Crippen molar-refractivity contribution in [1.82, 2.24) is 4.98 Å². The second kappa shape index (κ2) is 4.08. The van der Waals surface area contributed by atoms with Gasteiger partial charge in [0.25, 0.3) is 0 Å². The number of carbonyl (C=O) groups is 1. The molecule has 0 saturated heterocycles. The molecule has 1 rings (SSSR count). The van der Waals surface area contributed by atoms with Gasteiger partial charge in [-0.15, -0.1) is 11.6 Å². The van der Waals surface area contributed by atoms with E-state index in [9.17, 15) is 4.79 Å². The zero-order valence-corrected chi connectivity index (χ0v) is 8.12. The normalized spacial score (nSPS) is 9.92. The summed E-state index contributed by atoms with van der Waals surface area (Å²) in [5, 5.41) is 0.534. The number of hydrogen-bond acceptors (Lipinski definition) is 2. The molecule has 0 saturated carbocycles. The monoisotopic (exact) mass is 223 g/mol. The van der Waals surface area contributed by atoms with Gasteiger partial charge in [-0.3, -0.25) is 4.79 Å². The molecule has 0 spiro atoms. The molecule has 5 heteroatoms. The maximum atomic E-state index is 11.0. The highest BCUT2D eigenvalue weighted by Crippen LogP contribution is 2.19. The lowest BCUT2D eigenvalue weighted by Crippen LogP contribution is -2.01. The van der Waals surface area contributed by atoms with Crippen molar-refractivity contribution >= 4 is 40.6 Å². The number of ketones is 1. The molecule has 0 aliphatic carbocycles. The molecule has 0 radical (unpaired) electrons. The van der Waals surface area contributed by atoms with Crippen molar-refractivity contribution in [1.29, 1.82) is 0 Å². The second-order valence-electron chi connectivity index (χ2n) is 2.04. The summed E-state index contributed by atoms with van der Waals surface area (Å²) in [7, 11) is 0. The number of nitrogens with zero attached hydrogens (tertiary/aromatic N) is 1. The van der Waals surface area contributed by atoms with Crippen LogP contribution in [0.15, 0.2) is 12.3 Å². The topological polar surface area (TPSA) is 30.0 Å². The van der Waals surface area contributed by atoms with E-state index in [0.29, 0.717) is 5.56 Å². The minimum absolute atomic E-state index is 0.108. The van der Waals surface area contributed by atoms with Gasteiger partial charge in [0.15, 0.2) is 5.78 Å². The summed E-state index contributed by atoms with van der Waals surface area (Å²) < 4.78 is 0. The van der Waals surface area contributed by atoms with Crippen molar-refractivity contribution in [3.8, 4) is 0 Å². The Bertz CT molecular complexity index is 314. The summed E-state index contributed by atoms with van der Waals surface area (Å²) in [6, 6.07) is 1.41. The number of aromatic nitrogens is 1. The predicted molar refractivity (Wildman–Crippen MR) is 49.3 cm³/mol. The molecule has 1 aromatic heterocycles. The Morgan fingerprint density at radius 2 is 2.17 bits per heavy atom. The van der Waals surface area contributed by atoms with Crippen molar-refractivity contribution in [2.45, 2.75) is 0 Å². The SMILES string of the molecule is O=C(CCl)c1cnc(Cl)cc1Cl. The minimum Gasteiger partial charge on any atom is -0.293 e. The van der Waals surface area contributed by atoms with E-state index in [4.69, 9.17) is 34.8 Å². The Balaban J connectivity index is 3.09. The molecular weight excluding hydrogens is 220 g/mol. The molecule has 1 heterocycles. The van der Waals surface area contributed by atoms with Gasteiger partial charge in [-0.05, 0) is 6.07 Å². The fraction of sp³-hybridized carbons (Fsp3) is 0.143. The third-order valence-corrected chi connectivity index (χ3v) is 2.00. The molecule has 0 fully saturated rings. The van der Waals surface area contributed by atoms with Crippen molar-refractivity contribution in [2.75, 3.05) is 5.88 Å². The molecule has 0 bridgehead atoms. The third kappa shape index (κ3) is 2.09. The van der Waals surface area contributed by atoms with E-state index in [-0.39, 0.29) is 21.8 Å². The van der Waals surface area contributed by atoms with Crippen LogP contribution in [0.5, 0.6) is 0 Å². The number of carbonyl (C=O) groups excluding carboxylic acids is 1. The third-order valence-electron chi connectivity index (χ3n) is 1.24. The van der Waals surface area contributed by atoms with Gasteiger partial charge in [-0.25, -0.2) is 4.98 Å². The average Bonchev–Trinajstić information content (AvgIpc) is 2.03. The predicted octanol–water partition coefficient (Wildman–Crippen LogP) is 2.81. The van der Waals surface area contributed by atoms with Crippen LogP contribution in [0, 0.1) is 0 Å². The smallest absolute Gasteiger partial charge is 0.180 e. The number of alkyl halides is 1. The number of pyridine rings is 1. The Labute approximate surface area is 84.5 Å². The fourth-order valence-corrected chi connectivity index (χ4v) is 1.30.